The minimum absolute atomic E-state index is 0.0317. The first-order valence-electron chi connectivity index (χ1n) is 12.3. The molecule has 1 aliphatic rings. The zero-order valence-corrected chi connectivity index (χ0v) is 22.8. The minimum atomic E-state index is -4.01. The topological polar surface area (TPSA) is 148 Å². The maximum atomic E-state index is 12.7. The Kier molecular flexibility index (Phi) is 9.00. The zero-order chi connectivity index (χ0) is 28.0. The molecule has 0 unspecified atom stereocenters. The summed E-state index contributed by atoms with van der Waals surface area (Å²) in [6, 6.07) is 12.1. The van der Waals surface area contributed by atoms with Crippen molar-refractivity contribution >= 4 is 44.2 Å². The first kappa shape index (κ1) is 28.3. The molecular formula is C27H28N2O8S2. The molecule has 0 saturated heterocycles. The monoisotopic (exact) mass is 572 g/mol. The Morgan fingerprint density at radius 1 is 1.00 bits per heavy atom. The summed E-state index contributed by atoms with van der Waals surface area (Å²) >= 11 is 1.30. The van der Waals surface area contributed by atoms with Crippen LogP contribution in [0.1, 0.15) is 56.5 Å². The number of hydrogen-bond acceptors (Lipinski definition) is 9. The third-order valence-electron chi connectivity index (χ3n) is 6.05. The fourth-order valence-electron chi connectivity index (χ4n) is 4.15. The lowest BCUT2D eigenvalue weighted by molar-refractivity contribution is -0.119. The smallest absolute Gasteiger partial charge is 0.342 e. The van der Waals surface area contributed by atoms with Gasteiger partial charge in [0, 0.05) is 11.4 Å². The average molecular weight is 573 g/mol. The van der Waals surface area contributed by atoms with Gasteiger partial charge in [-0.25, -0.2) is 22.7 Å². The molecule has 3 aromatic rings. The van der Waals surface area contributed by atoms with Crippen molar-refractivity contribution in [2.45, 2.75) is 44.0 Å². The maximum Gasteiger partial charge on any atom is 0.342 e. The van der Waals surface area contributed by atoms with Crippen LogP contribution in [0.15, 0.2) is 53.4 Å². The van der Waals surface area contributed by atoms with Crippen molar-refractivity contribution in [2.24, 2.45) is 0 Å². The van der Waals surface area contributed by atoms with E-state index in [9.17, 15) is 27.9 Å². The summed E-state index contributed by atoms with van der Waals surface area (Å²) in [4.78, 5) is 38.6. The van der Waals surface area contributed by atoms with E-state index in [1.165, 1.54) is 11.3 Å². The number of anilines is 1. The highest BCUT2D eigenvalue weighted by Crippen LogP contribution is 2.38. The highest BCUT2D eigenvalue weighted by atomic mass is 32.2. The number of thiophene rings is 1. The standard InChI is InChI=1S/C27H28N2O8S2/c1-2-36-27(33)24-19-10-6-7-11-22(19)38-25(24)29-23(31)16-37-26(32)20-14-18(12-13-21(20)30)39(34,35)28-15-17-8-4-3-5-9-17/h3-5,8-9,12-14,28,30H,2,6-7,10-11,15-16H2,1H3,(H,29,31). The summed E-state index contributed by atoms with van der Waals surface area (Å²) < 4.78 is 38.1. The van der Waals surface area contributed by atoms with Gasteiger partial charge in [0.2, 0.25) is 10.0 Å². The van der Waals surface area contributed by atoms with E-state index < -0.39 is 45.8 Å². The van der Waals surface area contributed by atoms with Gasteiger partial charge in [-0.3, -0.25) is 4.79 Å². The van der Waals surface area contributed by atoms with Crippen molar-refractivity contribution in [3.05, 3.63) is 75.7 Å². The molecule has 206 valence electrons. The van der Waals surface area contributed by atoms with Crippen molar-refractivity contribution in [2.75, 3.05) is 18.5 Å². The number of carbonyl (C=O) groups excluding carboxylic acids is 3. The van der Waals surface area contributed by atoms with E-state index in [4.69, 9.17) is 9.47 Å². The predicted molar refractivity (Wildman–Crippen MR) is 144 cm³/mol. The number of rotatable bonds is 10. The van der Waals surface area contributed by atoms with E-state index in [0.29, 0.717) is 17.0 Å². The molecule has 1 aromatic heterocycles. The number of benzene rings is 2. The highest BCUT2D eigenvalue weighted by Gasteiger charge is 2.28. The second-order valence-electron chi connectivity index (χ2n) is 8.75. The van der Waals surface area contributed by atoms with Crippen LogP contribution >= 0.6 is 11.3 Å². The van der Waals surface area contributed by atoms with Gasteiger partial charge in [-0.2, -0.15) is 0 Å². The van der Waals surface area contributed by atoms with Crippen LogP contribution in [0.2, 0.25) is 0 Å². The largest absolute Gasteiger partial charge is 0.507 e. The van der Waals surface area contributed by atoms with Gasteiger partial charge >= 0.3 is 11.9 Å². The fraction of sp³-hybridized carbons (Fsp3) is 0.296. The van der Waals surface area contributed by atoms with Crippen LogP contribution in [0.5, 0.6) is 5.75 Å². The molecule has 12 heteroatoms. The number of esters is 2. The van der Waals surface area contributed by atoms with E-state index in [1.54, 1.807) is 31.2 Å². The Morgan fingerprint density at radius 3 is 2.49 bits per heavy atom. The number of phenols is 1. The summed E-state index contributed by atoms with van der Waals surface area (Å²) in [5, 5.41) is 13.1. The number of nitrogens with one attached hydrogen (secondary N) is 2. The maximum absolute atomic E-state index is 12.7. The third-order valence-corrected chi connectivity index (χ3v) is 8.65. The van der Waals surface area contributed by atoms with E-state index in [0.717, 1.165) is 53.5 Å². The molecular weight excluding hydrogens is 544 g/mol. The molecule has 39 heavy (non-hydrogen) atoms. The number of aromatic hydroxyl groups is 1. The molecule has 1 aliphatic carbocycles. The van der Waals surface area contributed by atoms with Crippen molar-refractivity contribution in [3.8, 4) is 5.75 Å². The van der Waals surface area contributed by atoms with E-state index in [2.05, 4.69) is 10.0 Å². The number of hydrogen-bond donors (Lipinski definition) is 3. The van der Waals surface area contributed by atoms with E-state index >= 15 is 0 Å². The average Bonchev–Trinajstić information content (AvgIpc) is 3.29. The lowest BCUT2D eigenvalue weighted by atomic mass is 9.95. The summed E-state index contributed by atoms with van der Waals surface area (Å²) in [7, 11) is -4.01. The fourth-order valence-corrected chi connectivity index (χ4v) is 6.49. The number of ether oxygens (including phenoxy) is 2. The number of amides is 1. The Labute approximate surface area is 230 Å². The first-order chi connectivity index (χ1) is 18.7. The quantitative estimate of drug-likeness (QED) is 0.311. The third kappa shape index (κ3) is 6.83. The van der Waals surface area contributed by atoms with Gasteiger partial charge < -0.3 is 19.9 Å². The second-order valence-corrected chi connectivity index (χ2v) is 11.6. The normalized spacial score (nSPS) is 12.8. The molecule has 0 spiro atoms. The van der Waals surface area contributed by atoms with Gasteiger partial charge in [-0.15, -0.1) is 11.3 Å². The van der Waals surface area contributed by atoms with Gasteiger partial charge in [0.1, 0.15) is 16.3 Å². The first-order valence-corrected chi connectivity index (χ1v) is 14.6. The van der Waals surface area contributed by atoms with Crippen LogP contribution < -0.4 is 10.0 Å². The molecule has 1 amide bonds. The zero-order valence-electron chi connectivity index (χ0n) is 21.2. The van der Waals surface area contributed by atoms with Gasteiger partial charge in [-0.05, 0) is 61.9 Å². The molecule has 3 N–H and O–H groups in total. The molecule has 0 fully saturated rings. The summed E-state index contributed by atoms with van der Waals surface area (Å²) in [5.41, 5.74) is 1.53. The lowest BCUT2D eigenvalue weighted by Gasteiger charge is -2.12. The molecule has 0 aliphatic heterocycles. The van der Waals surface area contributed by atoms with Crippen molar-refractivity contribution in [3.63, 3.8) is 0 Å². The summed E-state index contributed by atoms with van der Waals surface area (Å²) in [6.07, 6.45) is 3.43. The Balaban J connectivity index is 1.42. The van der Waals surface area contributed by atoms with Crippen molar-refractivity contribution in [1.82, 2.24) is 4.72 Å². The highest BCUT2D eigenvalue weighted by molar-refractivity contribution is 7.89. The number of carbonyl (C=O) groups is 3. The SMILES string of the molecule is CCOC(=O)c1c(NC(=O)COC(=O)c2cc(S(=O)(=O)NCc3ccccc3)ccc2O)sc2c1CCCC2. The van der Waals surface area contributed by atoms with Crippen LogP contribution in [0.25, 0.3) is 0 Å². The molecule has 0 saturated carbocycles. The Morgan fingerprint density at radius 2 is 1.74 bits per heavy atom. The van der Waals surface area contributed by atoms with Crippen molar-refractivity contribution in [1.29, 1.82) is 0 Å². The predicted octanol–water partition coefficient (Wildman–Crippen LogP) is 3.78. The molecule has 2 aromatic carbocycles. The molecule has 1 heterocycles. The Bertz CT molecular complexity index is 1480. The van der Waals surface area contributed by atoms with Crippen LogP contribution in [-0.2, 0) is 43.7 Å². The van der Waals surface area contributed by atoms with E-state index in [1.807, 2.05) is 6.07 Å². The molecule has 0 radical (unpaired) electrons. The van der Waals surface area contributed by atoms with Gasteiger partial charge in [0.05, 0.1) is 17.1 Å². The number of fused-ring (bicyclic) bond motifs is 1. The number of sulfonamides is 1. The molecule has 0 atom stereocenters. The molecule has 10 nitrogen and oxygen atoms in total. The van der Waals surface area contributed by atoms with Gasteiger partial charge in [0.25, 0.3) is 5.91 Å². The lowest BCUT2D eigenvalue weighted by Crippen LogP contribution is -2.24. The van der Waals surface area contributed by atoms with Crippen LogP contribution in [-0.4, -0.2) is 44.6 Å². The Hall–Kier alpha value is -3.74. The number of phenolic OH excluding ortho intramolecular Hbond substituents is 1. The van der Waals surface area contributed by atoms with E-state index in [-0.39, 0.29) is 18.0 Å². The van der Waals surface area contributed by atoms with Crippen LogP contribution in [0, 0.1) is 0 Å². The number of aryl methyl sites for hydroxylation is 1. The van der Waals surface area contributed by atoms with Gasteiger partial charge in [0.15, 0.2) is 6.61 Å². The minimum Gasteiger partial charge on any atom is -0.507 e. The summed E-state index contributed by atoms with van der Waals surface area (Å²) in [5.74, 6) is -2.80. The summed E-state index contributed by atoms with van der Waals surface area (Å²) in [6.45, 7) is 1.20. The molecule has 0 bridgehead atoms. The van der Waals surface area contributed by atoms with Gasteiger partial charge in [-0.1, -0.05) is 30.3 Å². The van der Waals surface area contributed by atoms with Crippen LogP contribution in [0.4, 0.5) is 5.00 Å². The second kappa shape index (κ2) is 12.4. The van der Waals surface area contributed by atoms with Crippen LogP contribution in [0.3, 0.4) is 0 Å². The van der Waals surface area contributed by atoms with Crippen molar-refractivity contribution < 1.29 is 37.4 Å². The molecule has 4 rings (SSSR count).